The van der Waals surface area contributed by atoms with Gasteiger partial charge in [-0.2, -0.15) is 0 Å². The normalized spacial score (nSPS) is 16.5. The lowest BCUT2D eigenvalue weighted by Crippen LogP contribution is -2.45. The zero-order valence-corrected chi connectivity index (χ0v) is 14.9. The standard InChI is InChI=1S/C16H23ClN2.2ClH/c1-3-4-5-16(19-10-8-18-9-11-19)15-7-6-14(17)12-13(15)2;;/h3,6-7,12,16,18H,1,4-5,8-11H2,2H3;2*1H/t16-;;/m1../s1. The molecule has 0 saturated carbocycles. The van der Waals surface area contributed by atoms with Gasteiger partial charge in [-0.25, -0.2) is 0 Å². The molecule has 1 heterocycles. The first-order valence-corrected chi connectivity index (χ1v) is 7.42. The summed E-state index contributed by atoms with van der Waals surface area (Å²) in [4.78, 5) is 2.58. The summed E-state index contributed by atoms with van der Waals surface area (Å²) in [7, 11) is 0. The number of hydrogen-bond donors (Lipinski definition) is 1. The minimum atomic E-state index is 0. The van der Waals surface area contributed by atoms with E-state index in [1.165, 1.54) is 11.1 Å². The minimum Gasteiger partial charge on any atom is -0.314 e. The topological polar surface area (TPSA) is 15.3 Å². The van der Waals surface area contributed by atoms with Crippen molar-refractivity contribution in [3.8, 4) is 0 Å². The summed E-state index contributed by atoms with van der Waals surface area (Å²) in [6.07, 6.45) is 4.20. The van der Waals surface area contributed by atoms with Crippen LogP contribution in [0, 0.1) is 6.92 Å². The molecule has 1 aromatic rings. The molecule has 0 aliphatic carbocycles. The van der Waals surface area contributed by atoms with E-state index in [-0.39, 0.29) is 24.8 Å². The van der Waals surface area contributed by atoms with Crippen LogP contribution in [0.25, 0.3) is 0 Å². The van der Waals surface area contributed by atoms with Crippen molar-refractivity contribution < 1.29 is 0 Å². The molecule has 0 unspecified atom stereocenters. The molecule has 1 saturated heterocycles. The number of benzene rings is 1. The van der Waals surface area contributed by atoms with Gasteiger partial charge in [-0.15, -0.1) is 31.4 Å². The van der Waals surface area contributed by atoms with E-state index in [1.807, 2.05) is 12.1 Å². The van der Waals surface area contributed by atoms with E-state index in [4.69, 9.17) is 11.6 Å². The Kier molecular flexibility index (Phi) is 10.3. The maximum absolute atomic E-state index is 6.07. The molecule has 0 amide bonds. The van der Waals surface area contributed by atoms with Crippen LogP contribution in [0.3, 0.4) is 0 Å². The first-order chi connectivity index (χ1) is 9.22. The van der Waals surface area contributed by atoms with Crippen LogP contribution in [0.2, 0.25) is 5.02 Å². The van der Waals surface area contributed by atoms with Gasteiger partial charge in [0.05, 0.1) is 0 Å². The zero-order chi connectivity index (χ0) is 13.7. The lowest BCUT2D eigenvalue weighted by Gasteiger charge is -2.36. The van der Waals surface area contributed by atoms with Crippen LogP contribution in [0.5, 0.6) is 0 Å². The maximum Gasteiger partial charge on any atom is 0.0408 e. The molecule has 0 radical (unpaired) electrons. The SMILES string of the molecule is C=CCC[C@H](c1ccc(Cl)cc1C)N1CCNCC1.Cl.Cl. The van der Waals surface area contributed by atoms with Crippen LogP contribution in [0.15, 0.2) is 30.9 Å². The highest BCUT2D eigenvalue weighted by Gasteiger charge is 2.22. The van der Waals surface area contributed by atoms with Gasteiger partial charge >= 0.3 is 0 Å². The summed E-state index contributed by atoms with van der Waals surface area (Å²) < 4.78 is 0. The van der Waals surface area contributed by atoms with E-state index in [2.05, 4.69) is 35.9 Å². The molecule has 2 nitrogen and oxygen atoms in total. The highest BCUT2D eigenvalue weighted by Crippen LogP contribution is 2.30. The fourth-order valence-electron chi connectivity index (χ4n) is 2.82. The molecule has 2 rings (SSSR count). The molecule has 1 fully saturated rings. The van der Waals surface area contributed by atoms with E-state index < -0.39 is 0 Å². The summed E-state index contributed by atoms with van der Waals surface area (Å²) in [5.41, 5.74) is 2.70. The molecular formula is C16H25Cl3N2. The van der Waals surface area contributed by atoms with Crippen LogP contribution in [0.1, 0.15) is 30.0 Å². The second kappa shape index (κ2) is 10.5. The predicted octanol–water partition coefficient (Wildman–Crippen LogP) is 4.40. The van der Waals surface area contributed by atoms with Gasteiger partial charge in [0.1, 0.15) is 0 Å². The molecule has 1 aliphatic rings. The summed E-state index contributed by atoms with van der Waals surface area (Å²) in [5, 5.41) is 4.24. The van der Waals surface area contributed by atoms with Crippen molar-refractivity contribution in [2.45, 2.75) is 25.8 Å². The van der Waals surface area contributed by atoms with E-state index in [0.29, 0.717) is 6.04 Å². The largest absolute Gasteiger partial charge is 0.314 e. The van der Waals surface area contributed by atoms with Crippen molar-refractivity contribution in [3.05, 3.63) is 47.0 Å². The van der Waals surface area contributed by atoms with Crippen LogP contribution in [0.4, 0.5) is 0 Å². The van der Waals surface area contributed by atoms with Crippen molar-refractivity contribution in [2.24, 2.45) is 0 Å². The molecule has 1 N–H and O–H groups in total. The van der Waals surface area contributed by atoms with Gasteiger partial charge in [-0.3, -0.25) is 4.90 Å². The van der Waals surface area contributed by atoms with Gasteiger partial charge in [0.2, 0.25) is 0 Å². The lowest BCUT2D eigenvalue weighted by molar-refractivity contribution is 0.165. The highest BCUT2D eigenvalue weighted by atomic mass is 35.5. The Bertz CT molecular complexity index is 432. The van der Waals surface area contributed by atoms with Crippen LogP contribution in [-0.4, -0.2) is 31.1 Å². The van der Waals surface area contributed by atoms with Gasteiger partial charge in [-0.1, -0.05) is 23.7 Å². The average Bonchev–Trinajstić information content (AvgIpc) is 2.42. The molecular weight excluding hydrogens is 327 g/mol. The van der Waals surface area contributed by atoms with E-state index >= 15 is 0 Å². The first kappa shape index (κ1) is 20.8. The van der Waals surface area contributed by atoms with Gasteiger partial charge in [0, 0.05) is 37.2 Å². The van der Waals surface area contributed by atoms with Crippen LogP contribution < -0.4 is 5.32 Å². The Balaban J connectivity index is 0.00000200. The third-order valence-corrected chi connectivity index (χ3v) is 4.06. The predicted molar refractivity (Wildman–Crippen MR) is 97.3 cm³/mol. The fourth-order valence-corrected chi connectivity index (χ4v) is 3.04. The summed E-state index contributed by atoms with van der Waals surface area (Å²) in [6.45, 7) is 10.4. The second-order valence-electron chi connectivity index (χ2n) is 5.17. The van der Waals surface area contributed by atoms with Gasteiger partial charge < -0.3 is 5.32 Å². The Morgan fingerprint density at radius 1 is 1.33 bits per heavy atom. The Morgan fingerprint density at radius 3 is 2.57 bits per heavy atom. The second-order valence-corrected chi connectivity index (χ2v) is 5.61. The Hall–Kier alpha value is -0.250. The lowest BCUT2D eigenvalue weighted by atomic mass is 9.95. The molecule has 120 valence electrons. The Labute approximate surface area is 145 Å². The van der Waals surface area contributed by atoms with Crippen LogP contribution >= 0.6 is 36.4 Å². The minimum absolute atomic E-state index is 0. The molecule has 1 aromatic carbocycles. The molecule has 0 bridgehead atoms. The number of aryl methyl sites for hydroxylation is 1. The van der Waals surface area contributed by atoms with Gasteiger partial charge in [0.15, 0.2) is 0 Å². The van der Waals surface area contributed by atoms with Crippen molar-refractivity contribution in [3.63, 3.8) is 0 Å². The van der Waals surface area contributed by atoms with Gasteiger partial charge in [-0.05, 0) is 43.0 Å². The smallest absolute Gasteiger partial charge is 0.0408 e. The van der Waals surface area contributed by atoms with Gasteiger partial charge in [0.25, 0.3) is 0 Å². The quantitative estimate of drug-likeness (QED) is 0.791. The third kappa shape index (κ3) is 5.80. The number of rotatable bonds is 5. The number of nitrogens with zero attached hydrogens (tertiary/aromatic N) is 1. The van der Waals surface area contributed by atoms with Crippen molar-refractivity contribution in [1.82, 2.24) is 10.2 Å². The summed E-state index contributed by atoms with van der Waals surface area (Å²) in [5.74, 6) is 0. The molecule has 1 aliphatic heterocycles. The molecule has 0 aromatic heterocycles. The molecule has 5 heteroatoms. The number of hydrogen-bond acceptors (Lipinski definition) is 2. The van der Waals surface area contributed by atoms with E-state index in [1.54, 1.807) is 0 Å². The van der Waals surface area contributed by atoms with Crippen LogP contribution in [-0.2, 0) is 0 Å². The van der Waals surface area contributed by atoms with Crippen molar-refractivity contribution in [2.75, 3.05) is 26.2 Å². The average molecular weight is 352 g/mol. The number of nitrogens with one attached hydrogen (secondary N) is 1. The highest BCUT2D eigenvalue weighted by molar-refractivity contribution is 6.30. The molecule has 21 heavy (non-hydrogen) atoms. The van der Waals surface area contributed by atoms with Crippen molar-refractivity contribution >= 4 is 36.4 Å². The maximum atomic E-state index is 6.07. The summed E-state index contributed by atoms with van der Waals surface area (Å²) in [6, 6.07) is 6.75. The Morgan fingerprint density at radius 2 is 2.00 bits per heavy atom. The molecule has 1 atom stereocenters. The number of piperazine rings is 1. The van der Waals surface area contributed by atoms with E-state index in [9.17, 15) is 0 Å². The number of halogens is 3. The van der Waals surface area contributed by atoms with E-state index in [0.717, 1.165) is 44.0 Å². The number of allylic oxidation sites excluding steroid dienone is 1. The van der Waals surface area contributed by atoms with Crippen molar-refractivity contribution in [1.29, 1.82) is 0 Å². The zero-order valence-electron chi connectivity index (χ0n) is 12.5. The third-order valence-electron chi connectivity index (χ3n) is 3.83. The fraction of sp³-hybridized carbons (Fsp3) is 0.500. The first-order valence-electron chi connectivity index (χ1n) is 7.04. The summed E-state index contributed by atoms with van der Waals surface area (Å²) >= 11 is 6.07. The monoisotopic (exact) mass is 350 g/mol. The molecule has 0 spiro atoms.